The van der Waals surface area contributed by atoms with Crippen molar-refractivity contribution in [2.75, 3.05) is 46.0 Å². The highest BCUT2D eigenvalue weighted by molar-refractivity contribution is 7.89. The summed E-state index contributed by atoms with van der Waals surface area (Å²) in [6, 6.07) is 10.3. The van der Waals surface area contributed by atoms with Gasteiger partial charge in [-0.25, -0.2) is 17.7 Å². The number of likely N-dealkylation sites (N-methyl/N-ethyl adjacent to an activating group) is 1. The molecule has 29 heavy (non-hydrogen) atoms. The summed E-state index contributed by atoms with van der Waals surface area (Å²) in [7, 11) is 0.273. The maximum Gasteiger partial charge on any atom is 0.243 e. The van der Waals surface area contributed by atoms with Crippen molar-refractivity contribution in [3.05, 3.63) is 35.9 Å². The predicted octanol–water partition coefficient (Wildman–Crippen LogP) is 0.667. The van der Waals surface area contributed by atoms with Gasteiger partial charge >= 0.3 is 0 Å². The molecular formula is C20H33N5O3S. The van der Waals surface area contributed by atoms with Gasteiger partial charge < -0.3 is 15.5 Å². The Morgan fingerprint density at radius 3 is 2.45 bits per heavy atom. The van der Waals surface area contributed by atoms with E-state index >= 15 is 0 Å². The SMILES string of the molecule is CCS(=O)(=O)N1CCC(NC(=NCC(=O)N(C)C)NCCc2ccccc2)CC1. The van der Waals surface area contributed by atoms with Crippen molar-refractivity contribution in [3.8, 4) is 0 Å². The quantitative estimate of drug-likeness (QED) is 0.473. The Morgan fingerprint density at radius 2 is 1.86 bits per heavy atom. The van der Waals surface area contributed by atoms with Crippen LogP contribution in [0.1, 0.15) is 25.3 Å². The van der Waals surface area contributed by atoms with Crippen LogP contribution in [0.4, 0.5) is 0 Å². The molecule has 0 aromatic heterocycles. The number of aliphatic imine (C=N–C) groups is 1. The highest BCUT2D eigenvalue weighted by Gasteiger charge is 2.27. The van der Waals surface area contributed by atoms with Gasteiger partial charge in [-0.3, -0.25) is 4.79 Å². The van der Waals surface area contributed by atoms with Gasteiger partial charge in [0.15, 0.2) is 5.96 Å². The molecule has 0 spiro atoms. The molecule has 1 aromatic rings. The average Bonchev–Trinajstić information content (AvgIpc) is 2.72. The van der Waals surface area contributed by atoms with Crippen molar-refractivity contribution in [3.63, 3.8) is 0 Å². The Labute approximate surface area is 174 Å². The van der Waals surface area contributed by atoms with E-state index < -0.39 is 10.0 Å². The fraction of sp³-hybridized carbons (Fsp3) is 0.600. The molecule has 0 unspecified atom stereocenters. The number of amides is 1. The largest absolute Gasteiger partial charge is 0.356 e. The van der Waals surface area contributed by atoms with Crippen molar-refractivity contribution in [2.24, 2.45) is 4.99 Å². The first-order chi connectivity index (χ1) is 13.8. The van der Waals surface area contributed by atoms with Crippen LogP contribution < -0.4 is 10.6 Å². The molecule has 0 radical (unpaired) electrons. The zero-order valence-corrected chi connectivity index (χ0v) is 18.4. The number of nitrogens with zero attached hydrogens (tertiary/aromatic N) is 3. The van der Waals surface area contributed by atoms with E-state index in [0.29, 0.717) is 38.4 Å². The summed E-state index contributed by atoms with van der Waals surface area (Å²) in [4.78, 5) is 17.8. The first-order valence-corrected chi connectivity index (χ1v) is 11.7. The van der Waals surface area contributed by atoms with Crippen LogP contribution in [0.15, 0.2) is 35.3 Å². The third-order valence-electron chi connectivity index (χ3n) is 4.97. The molecule has 0 saturated carbocycles. The van der Waals surface area contributed by atoms with Crippen LogP contribution in [0, 0.1) is 0 Å². The maximum atomic E-state index is 12.0. The molecule has 0 bridgehead atoms. The maximum absolute atomic E-state index is 12.0. The number of guanidine groups is 1. The van der Waals surface area contributed by atoms with E-state index in [-0.39, 0.29) is 24.2 Å². The Balaban J connectivity index is 1.92. The standard InChI is InChI=1S/C20H33N5O3S/c1-4-29(27,28)25-14-11-18(12-15-25)23-20(22-16-19(26)24(2)3)21-13-10-17-8-6-5-7-9-17/h5-9,18H,4,10-16H2,1-3H3,(H2,21,22,23). The first-order valence-electron chi connectivity index (χ1n) is 10.1. The van der Waals surface area contributed by atoms with Gasteiger partial charge in [0.2, 0.25) is 15.9 Å². The second-order valence-electron chi connectivity index (χ2n) is 7.33. The molecule has 8 nitrogen and oxygen atoms in total. The Kier molecular flexibility index (Phi) is 8.91. The van der Waals surface area contributed by atoms with Crippen molar-refractivity contribution in [1.29, 1.82) is 0 Å². The first kappa shape index (κ1) is 23.2. The minimum atomic E-state index is -3.14. The van der Waals surface area contributed by atoms with E-state index in [1.165, 1.54) is 10.5 Å². The van der Waals surface area contributed by atoms with Gasteiger partial charge in [-0.15, -0.1) is 0 Å². The lowest BCUT2D eigenvalue weighted by molar-refractivity contribution is -0.127. The van der Waals surface area contributed by atoms with Crippen LogP contribution in [-0.4, -0.2) is 81.6 Å². The lowest BCUT2D eigenvalue weighted by atomic mass is 10.1. The van der Waals surface area contributed by atoms with E-state index in [1.54, 1.807) is 25.3 Å². The van der Waals surface area contributed by atoms with Crippen molar-refractivity contribution in [1.82, 2.24) is 19.8 Å². The monoisotopic (exact) mass is 423 g/mol. The van der Waals surface area contributed by atoms with Gasteiger partial charge in [0.25, 0.3) is 0 Å². The molecule has 1 aromatic carbocycles. The van der Waals surface area contributed by atoms with Crippen molar-refractivity contribution in [2.45, 2.75) is 32.2 Å². The molecular weight excluding hydrogens is 390 g/mol. The van der Waals surface area contributed by atoms with Crippen LogP contribution in [-0.2, 0) is 21.2 Å². The number of carbonyl (C=O) groups is 1. The molecule has 162 valence electrons. The van der Waals surface area contributed by atoms with Crippen LogP contribution in [0.5, 0.6) is 0 Å². The summed E-state index contributed by atoms with van der Waals surface area (Å²) in [5, 5.41) is 6.67. The van der Waals surface area contributed by atoms with Gasteiger partial charge in [0.05, 0.1) is 5.75 Å². The van der Waals surface area contributed by atoms with Crippen LogP contribution in [0.2, 0.25) is 0 Å². The van der Waals surface area contributed by atoms with Crippen molar-refractivity contribution >= 4 is 21.9 Å². The average molecular weight is 424 g/mol. The summed E-state index contributed by atoms with van der Waals surface area (Å²) in [6.07, 6.45) is 2.26. The smallest absolute Gasteiger partial charge is 0.243 e. The molecule has 1 heterocycles. The van der Waals surface area contributed by atoms with Crippen LogP contribution in [0.25, 0.3) is 0 Å². The van der Waals surface area contributed by atoms with Gasteiger partial charge in [0, 0.05) is 39.8 Å². The minimum Gasteiger partial charge on any atom is -0.356 e. The summed E-state index contributed by atoms with van der Waals surface area (Å²) < 4.78 is 25.6. The molecule has 1 aliphatic rings. The zero-order chi connectivity index (χ0) is 21.3. The van der Waals surface area contributed by atoms with Crippen molar-refractivity contribution < 1.29 is 13.2 Å². The number of hydrogen-bond donors (Lipinski definition) is 2. The molecule has 1 aliphatic heterocycles. The summed E-state index contributed by atoms with van der Waals surface area (Å²) in [5.74, 6) is 0.650. The van der Waals surface area contributed by atoms with Gasteiger partial charge in [0.1, 0.15) is 6.54 Å². The third kappa shape index (κ3) is 7.66. The molecule has 1 fully saturated rings. The van der Waals surface area contributed by atoms with E-state index in [4.69, 9.17) is 0 Å². The normalized spacial score (nSPS) is 16.4. The van der Waals surface area contributed by atoms with E-state index in [9.17, 15) is 13.2 Å². The van der Waals surface area contributed by atoms with Gasteiger partial charge in [-0.2, -0.15) is 0 Å². The van der Waals surface area contributed by atoms with E-state index in [2.05, 4.69) is 27.8 Å². The number of hydrogen-bond acceptors (Lipinski definition) is 4. The summed E-state index contributed by atoms with van der Waals surface area (Å²) in [6.45, 7) is 3.43. The Hall–Kier alpha value is -2.13. The summed E-state index contributed by atoms with van der Waals surface area (Å²) >= 11 is 0. The second kappa shape index (κ2) is 11.2. The second-order valence-corrected chi connectivity index (χ2v) is 9.59. The highest BCUT2D eigenvalue weighted by atomic mass is 32.2. The fourth-order valence-electron chi connectivity index (χ4n) is 3.06. The lowest BCUT2D eigenvalue weighted by Crippen LogP contribution is -2.50. The highest BCUT2D eigenvalue weighted by Crippen LogP contribution is 2.14. The molecule has 9 heteroatoms. The topological polar surface area (TPSA) is 94.1 Å². The minimum absolute atomic E-state index is 0.0662. The Morgan fingerprint density at radius 1 is 1.21 bits per heavy atom. The van der Waals surface area contributed by atoms with Crippen LogP contribution in [0.3, 0.4) is 0 Å². The third-order valence-corrected chi connectivity index (χ3v) is 6.85. The molecule has 0 aliphatic carbocycles. The fourth-order valence-corrected chi connectivity index (χ4v) is 4.20. The molecule has 0 atom stereocenters. The molecule has 1 amide bonds. The van der Waals surface area contributed by atoms with E-state index in [0.717, 1.165) is 6.42 Å². The Bertz CT molecular complexity index is 773. The number of sulfonamides is 1. The number of carbonyl (C=O) groups excluding carboxylic acids is 1. The predicted molar refractivity (Wildman–Crippen MR) is 116 cm³/mol. The van der Waals surface area contributed by atoms with Gasteiger partial charge in [-0.1, -0.05) is 30.3 Å². The number of benzene rings is 1. The summed E-state index contributed by atoms with van der Waals surface area (Å²) in [5.41, 5.74) is 1.22. The zero-order valence-electron chi connectivity index (χ0n) is 17.6. The number of rotatable bonds is 8. The molecule has 1 saturated heterocycles. The molecule has 2 rings (SSSR count). The van der Waals surface area contributed by atoms with Gasteiger partial charge in [-0.05, 0) is 31.7 Å². The lowest BCUT2D eigenvalue weighted by Gasteiger charge is -2.32. The van der Waals surface area contributed by atoms with E-state index in [1.807, 2.05) is 18.2 Å². The number of piperidine rings is 1. The number of nitrogens with one attached hydrogen (secondary N) is 2. The van der Waals surface area contributed by atoms with Crippen LogP contribution >= 0.6 is 0 Å². The molecule has 2 N–H and O–H groups in total.